The second-order valence-corrected chi connectivity index (χ2v) is 24.5. The third-order valence-electron chi connectivity index (χ3n) is 9.61. The van der Waals surface area contributed by atoms with E-state index in [1.54, 1.807) is 0 Å². The maximum absolute atomic E-state index is 12.3. The minimum Gasteiger partial charge on any atom is -0.429 e. The minimum absolute atomic E-state index is 0.0663. The molecule has 2 aliphatic heterocycles. The lowest BCUT2D eigenvalue weighted by Gasteiger charge is -2.42. The van der Waals surface area contributed by atoms with E-state index in [1.165, 1.54) is 0 Å². The summed E-state index contributed by atoms with van der Waals surface area (Å²) in [5.41, 5.74) is 3.64. The van der Waals surface area contributed by atoms with Gasteiger partial charge in [-0.3, -0.25) is 4.79 Å². The number of unbranched alkanes of at least 4 members (excludes halogenated alkanes) is 2. The van der Waals surface area contributed by atoms with Crippen LogP contribution < -0.4 is 0 Å². The van der Waals surface area contributed by atoms with Crippen LogP contribution in [0.4, 0.5) is 0 Å². The van der Waals surface area contributed by atoms with Crippen molar-refractivity contribution in [2.75, 3.05) is 13.2 Å². The van der Waals surface area contributed by atoms with Gasteiger partial charge >= 0.3 is 5.97 Å². The van der Waals surface area contributed by atoms with Crippen molar-refractivity contribution in [1.82, 2.24) is 0 Å². The van der Waals surface area contributed by atoms with Crippen molar-refractivity contribution in [3.05, 3.63) is 0 Å². The van der Waals surface area contributed by atoms with E-state index < -0.39 is 22.4 Å². The SMILES string of the molecule is CC(C)[Si](OCCCC[C@@H]1C(=O)O[C@@]12O[C@@H]2CCCCO[Si](C(C)C)(C(C)C)C(C)C)(C(C)C)C(C)C. The Bertz CT molecular complexity index is 677. The molecule has 2 aliphatic rings. The number of carbonyl (C=O) groups is 1. The maximum Gasteiger partial charge on any atom is 0.318 e. The second-order valence-electron chi connectivity index (χ2n) is 13.6. The lowest BCUT2D eigenvalue weighted by Crippen LogP contribution is -2.50. The van der Waals surface area contributed by atoms with E-state index in [-0.39, 0.29) is 18.0 Å². The summed E-state index contributed by atoms with van der Waals surface area (Å²) in [7, 11) is -3.61. The molecule has 0 radical (unpaired) electrons. The Morgan fingerprint density at radius 3 is 1.38 bits per heavy atom. The molecule has 0 aliphatic carbocycles. The molecule has 2 rings (SSSR count). The van der Waals surface area contributed by atoms with Crippen LogP contribution in [0.3, 0.4) is 0 Å². The summed E-state index contributed by atoms with van der Waals surface area (Å²) in [5.74, 6) is -0.792. The van der Waals surface area contributed by atoms with Crippen LogP contribution in [0.25, 0.3) is 0 Å². The van der Waals surface area contributed by atoms with Crippen molar-refractivity contribution in [3.8, 4) is 0 Å². The second kappa shape index (κ2) is 13.4. The number of esters is 1. The lowest BCUT2D eigenvalue weighted by atomic mass is 9.87. The summed E-state index contributed by atoms with van der Waals surface area (Å²) >= 11 is 0. The number of epoxide rings is 1. The van der Waals surface area contributed by atoms with Crippen LogP contribution in [0.5, 0.6) is 0 Å². The normalized spacial score (nSPS) is 24.3. The lowest BCUT2D eigenvalue weighted by molar-refractivity contribution is -0.211. The molecule has 0 aromatic rings. The van der Waals surface area contributed by atoms with Crippen molar-refractivity contribution in [2.24, 2.45) is 5.92 Å². The molecule has 2 fully saturated rings. The molecule has 0 amide bonds. The fourth-order valence-electron chi connectivity index (χ4n) is 7.95. The van der Waals surface area contributed by atoms with E-state index in [0.29, 0.717) is 33.2 Å². The first-order chi connectivity index (χ1) is 17.2. The summed E-state index contributed by atoms with van der Waals surface area (Å²) < 4.78 is 24.9. The number of ether oxygens (including phenoxy) is 2. The van der Waals surface area contributed by atoms with Gasteiger partial charge in [0.15, 0.2) is 16.6 Å². The molecular weight excluding hydrogens is 496 g/mol. The minimum atomic E-state index is -1.82. The zero-order chi connectivity index (χ0) is 28.2. The Morgan fingerprint density at radius 2 is 1.03 bits per heavy atom. The van der Waals surface area contributed by atoms with Crippen LogP contribution in [-0.4, -0.2) is 47.7 Å². The first-order valence-corrected chi connectivity index (χ1v) is 19.7. The summed E-state index contributed by atoms with van der Waals surface area (Å²) in [6.07, 6.45) is 5.92. The molecule has 3 atom stereocenters. The van der Waals surface area contributed by atoms with Crippen molar-refractivity contribution < 1.29 is 23.1 Å². The highest BCUT2D eigenvalue weighted by atomic mass is 28.4. The summed E-state index contributed by atoms with van der Waals surface area (Å²) in [5, 5.41) is 0. The Labute approximate surface area is 231 Å². The molecule has 2 heterocycles. The first-order valence-electron chi connectivity index (χ1n) is 15.4. The van der Waals surface area contributed by atoms with Crippen LogP contribution in [0, 0.1) is 5.92 Å². The van der Waals surface area contributed by atoms with Gasteiger partial charge in [-0.15, -0.1) is 0 Å². The quantitative estimate of drug-likeness (QED) is 0.0729. The molecule has 0 N–H and O–H groups in total. The van der Waals surface area contributed by atoms with Crippen LogP contribution in [0.1, 0.15) is 122 Å². The van der Waals surface area contributed by atoms with E-state index in [1.807, 2.05) is 0 Å². The summed E-state index contributed by atoms with van der Waals surface area (Å²) in [6, 6.07) is 0. The average molecular weight is 557 g/mol. The highest BCUT2D eigenvalue weighted by Crippen LogP contribution is 2.55. The number of hydrogen-bond acceptors (Lipinski definition) is 5. The summed E-state index contributed by atoms with van der Waals surface area (Å²) in [6.45, 7) is 29.6. The van der Waals surface area contributed by atoms with Gasteiger partial charge in [0, 0.05) is 13.2 Å². The van der Waals surface area contributed by atoms with Crippen LogP contribution >= 0.6 is 0 Å². The van der Waals surface area contributed by atoms with Crippen LogP contribution in [-0.2, 0) is 23.1 Å². The standard InChI is InChI=1S/C30H60O5Si2/c1-21(2)36(22(3)4,23(5)6)32-19-15-13-17-27-29(31)35-30(27)28(34-30)18-14-16-20-33-37(24(7)8,25(9)10)26(11)12/h21-28H,13-20H2,1-12H3/t27-,28-,30+/m1/s1. The van der Waals surface area contributed by atoms with Gasteiger partial charge in [-0.2, -0.15) is 0 Å². The van der Waals surface area contributed by atoms with Gasteiger partial charge in [-0.25, -0.2) is 0 Å². The largest absolute Gasteiger partial charge is 0.429 e. The molecule has 7 heteroatoms. The molecule has 0 unspecified atom stereocenters. The monoisotopic (exact) mass is 556 g/mol. The molecule has 37 heavy (non-hydrogen) atoms. The first kappa shape index (κ1) is 33.0. The molecule has 0 aromatic carbocycles. The molecule has 2 saturated heterocycles. The van der Waals surface area contributed by atoms with Crippen molar-refractivity contribution in [3.63, 3.8) is 0 Å². The molecule has 1 spiro atoms. The third-order valence-corrected chi connectivity index (χ3v) is 21.9. The van der Waals surface area contributed by atoms with Crippen molar-refractivity contribution in [1.29, 1.82) is 0 Å². The van der Waals surface area contributed by atoms with Gasteiger partial charge in [-0.1, -0.05) is 89.5 Å². The molecule has 5 nitrogen and oxygen atoms in total. The van der Waals surface area contributed by atoms with Crippen LogP contribution in [0.15, 0.2) is 0 Å². The highest BCUT2D eigenvalue weighted by Gasteiger charge is 2.73. The van der Waals surface area contributed by atoms with E-state index in [4.69, 9.17) is 18.3 Å². The molecule has 218 valence electrons. The molecule has 0 aromatic heterocycles. The van der Waals surface area contributed by atoms with Gasteiger partial charge < -0.3 is 18.3 Å². The highest BCUT2D eigenvalue weighted by molar-refractivity contribution is 6.78. The van der Waals surface area contributed by atoms with E-state index in [0.717, 1.165) is 51.7 Å². The Kier molecular flexibility index (Phi) is 12.0. The van der Waals surface area contributed by atoms with Crippen molar-refractivity contribution in [2.45, 2.75) is 167 Å². The molecule has 0 bridgehead atoms. The Balaban J connectivity index is 1.74. The fourth-order valence-corrected chi connectivity index (χ4v) is 18.9. The average Bonchev–Trinajstić information content (AvgIpc) is 3.49. The third kappa shape index (κ3) is 6.75. The van der Waals surface area contributed by atoms with Gasteiger partial charge in [0.25, 0.3) is 5.79 Å². The number of carbonyl (C=O) groups excluding carboxylic acids is 1. The number of rotatable bonds is 18. The maximum atomic E-state index is 12.3. The Morgan fingerprint density at radius 1 is 0.649 bits per heavy atom. The van der Waals surface area contributed by atoms with Gasteiger partial charge in [0.1, 0.15) is 12.0 Å². The molecule has 0 saturated carbocycles. The Hall–Kier alpha value is -0.216. The van der Waals surface area contributed by atoms with E-state index >= 15 is 0 Å². The van der Waals surface area contributed by atoms with Gasteiger partial charge in [-0.05, 0) is 65.4 Å². The predicted octanol–water partition coefficient (Wildman–Crippen LogP) is 8.98. The number of hydrogen-bond donors (Lipinski definition) is 0. The van der Waals surface area contributed by atoms with E-state index in [9.17, 15) is 4.79 Å². The topological polar surface area (TPSA) is 57.3 Å². The van der Waals surface area contributed by atoms with E-state index in [2.05, 4.69) is 83.1 Å². The zero-order valence-corrected chi connectivity index (χ0v) is 28.3. The summed E-state index contributed by atoms with van der Waals surface area (Å²) in [4.78, 5) is 12.3. The van der Waals surface area contributed by atoms with Crippen LogP contribution in [0.2, 0.25) is 33.2 Å². The molecular formula is C30H60O5Si2. The zero-order valence-electron chi connectivity index (χ0n) is 26.3. The fraction of sp³-hybridized carbons (Fsp3) is 0.967. The van der Waals surface area contributed by atoms with Gasteiger partial charge in [0.05, 0.1) is 0 Å². The smallest absolute Gasteiger partial charge is 0.318 e. The predicted molar refractivity (Wildman–Crippen MR) is 159 cm³/mol. The van der Waals surface area contributed by atoms with Gasteiger partial charge in [0.2, 0.25) is 0 Å². The van der Waals surface area contributed by atoms with Crippen molar-refractivity contribution >= 4 is 22.6 Å².